The first-order valence-corrected chi connectivity index (χ1v) is 11.7. The number of rotatable bonds is 5. The third kappa shape index (κ3) is 3.43. The molecule has 1 fully saturated rings. The lowest BCUT2D eigenvalue weighted by molar-refractivity contribution is -0.136. The van der Waals surface area contributed by atoms with E-state index in [0.29, 0.717) is 27.0 Å². The number of imidazole rings is 1. The van der Waals surface area contributed by atoms with Gasteiger partial charge in [-0.15, -0.1) is 16.4 Å². The third-order valence-corrected chi connectivity index (χ3v) is 7.53. The minimum Gasteiger partial charge on any atom is -0.389 e. The van der Waals surface area contributed by atoms with Gasteiger partial charge in [0.1, 0.15) is 11.8 Å². The van der Waals surface area contributed by atoms with Gasteiger partial charge in [-0.2, -0.15) is 14.6 Å². The summed E-state index contributed by atoms with van der Waals surface area (Å²) in [6, 6.07) is 3.01. The Hall–Kier alpha value is -3.13. The maximum atomic E-state index is 12.5. The monoisotopic (exact) mass is 503 g/mol. The second-order valence-corrected chi connectivity index (χ2v) is 10.0. The highest BCUT2D eigenvalue weighted by Crippen LogP contribution is 2.45. The van der Waals surface area contributed by atoms with Crippen molar-refractivity contribution in [2.24, 2.45) is 5.41 Å². The van der Waals surface area contributed by atoms with Crippen LogP contribution in [0.3, 0.4) is 0 Å². The number of hydrogen-bond acceptors (Lipinski definition) is 10. The topological polar surface area (TPSA) is 156 Å². The molecule has 0 bridgehead atoms. The number of hydrogen-bond donors (Lipinski definition) is 4. The zero-order chi connectivity index (χ0) is 24.2. The van der Waals surface area contributed by atoms with E-state index in [-0.39, 0.29) is 18.3 Å². The number of thiophene rings is 1. The number of anilines is 1. The Morgan fingerprint density at radius 2 is 2.09 bits per heavy atom. The van der Waals surface area contributed by atoms with Crippen molar-refractivity contribution in [3.05, 3.63) is 29.0 Å². The Labute approximate surface area is 202 Å². The Morgan fingerprint density at radius 1 is 1.29 bits per heavy atom. The van der Waals surface area contributed by atoms with Gasteiger partial charge in [-0.3, -0.25) is 4.79 Å². The van der Waals surface area contributed by atoms with Crippen molar-refractivity contribution < 1.29 is 15.0 Å². The van der Waals surface area contributed by atoms with Crippen molar-refractivity contribution in [1.82, 2.24) is 39.8 Å². The first kappa shape index (κ1) is 22.7. The quantitative estimate of drug-likeness (QED) is 0.314. The molecule has 0 radical (unpaired) electrons. The molecule has 4 heterocycles. The number of nitrogens with one attached hydrogen (secondary N) is 2. The van der Waals surface area contributed by atoms with E-state index in [1.165, 1.54) is 29.4 Å². The number of aromatic nitrogens is 7. The van der Waals surface area contributed by atoms with Crippen LogP contribution in [0.1, 0.15) is 19.4 Å². The fraction of sp³-hybridized carbons (Fsp3) is 0.400. The van der Waals surface area contributed by atoms with Crippen molar-refractivity contribution in [2.45, 2.75) is 31.6 Å². The van der Waals surface area contributed by atoms with Crippen molar-refractivity contribution in [3.8, 4) is 16.5 Å². The fourth-order valence-corrected chi connectivity index (χ4v) is 5.38. The van der Waals surface area contributed by atoms with Gasteiger partial charge in [-0.1, -0.05) is 16.8 Å². The van der Waals surface area contributed by atoms with E-state index in [0.717, 1.165) is 4.88 Å². The second-order valence-electron chi connectivity index (χ2n) is 8.30. The zero-order valence-corrected chi connectivity index (χ0v) is 20.0. The van der Waals surface area contributed by atoms with Crippen LogP contribution in [0.25, 0.3) is 27.7 Å². The summed E-state index contributed by atoms with van der Waals surface area (Å²) in [6.45, 7) is 1.63. The molecule has 0 aliphatic heterocycles. The number of carbonyl (C=O) groups is 1. The zero-order valence-electron chi connectivity index (χ0n) is 18.5. The van der Waals surface area contributed by atoms with E-state index in [1.54, 1.807) is 30.8 Å². The van der Waals surface area contributed by atoms with Crippen molar-refractivity contribution in [3.63, 3.8) is 0 Å². The van der Waals surface area contributed by atoms with Crippen LogP contribution in [0.5, 0.6) is 0 Å². The Morgan fingerprint density at radius 3 is 2.76 bits per heavy atom. The van der Waals surface area contributed by atoms with Crippen LogP contribution in [0.15, 0.2) is 24.7 Å². The lowest BCUT2D eigenvalue weighted by Gasteiger charge is -2.26. The van der Waals surface area contributed by atoms with Gasteiger partial charge < -0.3 is 25.4 Å². The lowest BCUT2D eigenvalue weighted by Crippen LogP contribution is -2.45. The van der Waals surface area contributed by atoms with Crippen LogP contribution in [0.4, 0.5) is 5.82 Å². The molecule has 4 atom stereocenters. The van der Waals surface area contributed by atoms with Crippen LogP contribution in [0.2, 0.25) is 4.34 Å². The number of amides is 1. The Bertz CT molecular complexity index is 1380. The highest BCUT2D eigenvalue weighted by atomic mass is 35.5. The van der Waals surface area contributed by atoms with E-state index < -0.39 is 23.7 Å². The molecule has 4 N–H and O–H groups in total. The average molecular weight is 504 g/mol. The highest BCUT2D eigenvalue weighted by Gasteiger charge is 2.54. The molecule has 0 aromatic carbocycles. The average Bonchev–Trinajstić information content (AvgIpc) is 3.62. The molecular formula is C20H22ClN9O3S. The standard InChI is InChI=1S/C20H22ClN9O3S/c1-20(18(33)23-3)6-10(14(31)15(20)32)29-8-24-13-16(22-2)25-19(26-17(13)29)30-7-9(27-28-30)11-4-5-12(21)34-11/h4-5,7-8,10,14-15,31-32H,6H2,1-3H3,(H,23,33)(H,22,25,26)/t10-,14+,15+,20?/m1/s1. The van der Waals surface area contributed by atoms with Gasteiger partial charge >= 0.3 is 0 Å². The van der Waals surface area contributed by atoms with Crippen LogP contribution in [0, 0.1) is 5.41 Å². The van der Waals surface area contributed by atoms with E-state index in [4.69, 9.17) is 11.6 Å². The molecule has 14 heteroatoms. The van der Waals surface area contributed by atoms with Crippen molar-refractivity contribution in [1.29, 1.82) is 0 Å². The number of aliphatic hydroxyl groups excluding tert-OH is 2. The molecule has 1 unspecified atom stereocenters. The minimum absolute atomic E-state index is 0.196. The molecule has 4 aromatic rings. The summed E-state index contributed by atoms with van der Waals surface area (Å²) in [4.78, 5) is 26.9. The molecule has 34 heavy (non-hydrogen) atoms. The highest BCUT2D eigenvalue weighted by molar-refractivity contribution is 7.19. The summed E-state index contributed by atoms with van der Waals surface area (Å²) in [5, 5.41) is 35.5. The molecule has 0 saturated heterocycles. The molecule has 178 valence electrons. The molecule has 1 aliphatic rings. The number of carbonyl (C=O) groups excluding carboxylic acids is 1. The predicted octanol–water partition coefficient (Wildman–Crippen LogP) is 1.25. The molecule has 0 spiro atoms. The normalized spacial score (nSPS) is 24.6. The number of nitrogens with zero attached hydrogens (tertiary/aromatic N) is 7. The van der Waals surface area contributed by atoms with E-state index >= 15 is 0 Å². The molecular weight excluding hydrogens is 482 g/mol. The number of fused-ring (bicyclic) bond motifs is 1. The second kappa shape index (κ2) is 8.27. The van der Waals surface area contributed by atoms with Gasteiger partial charge in [0.15, 0.2) is 17.0 Å². The van der Waals surface area contributed by atoms with Gasteiger partial charge in [-0.05, 0) is 25.5 Å². The Balaban J connectivity index is 1.58. The molecule has 4 aromatic heterocycles. The van der Waals surface area contributed by atoms with Gasteiger partial charge in [0.05, 0.1) is 39.3 Å². The molecule has 1 amide bonds. The summed E-state index contributed by atoms with van der Waals surface area (Å²) < 4.78 is 3.75. The number of aliphatic hydroxyl groups is 2. The molecule has 12 nitrogen and oxygen atoms in total. The van der Waals surface area contributed by atoms with Crippen LogP contribution < -0.4 is 10.6 Å². The van der Waals surface area contributed by atoms with E-state index in [2.05, 4.69) is 35.9 Å². The van der Waals surface area contributed by atoms with Crippen LogP contribution in [-0.4, -0.2) is 76.9 Å². The van der Waals surface area contributed by atoms with Gasteiger partial charge in [0.25, 0.3) is 5.95 Å². The minimum atomic E-state index is -1.25. The first-order chi connectivity index (χ1) is 16.3. The summed E-state index contributed by atoms with van der Waals surface area (Å²) in [7, 11) is 3.21. The van der Waals surface area contributed by atoms with Crippen LogP contribution in [-0.2, 0) is 4.79 Å². The van der Waals surface area contributed by atoms with Crippen LogP contribution >= 0.6 is 22.9 Å². The SMILES string of the molecule is CNC(=O)C1(C)C[C@@H](n2cnc3c(NC)nc(-n4cc(-c5ccc(Cl)s5)nn4)nc32)[C@H](O)[C@@H]1O. The largest absolute Gasteiger partial charge is 0.389 e. The fourth-order valence-electron chi connectivity index (χ4n) is 4.39. The van der Waals surface area contributed by atoms with Crippen molar-refractivity contribution >= 4 is 45.8 Å². The maximum absolute atomic E-state index is 12.5. The van der Waals surface area contributed by atoms with E-state index in [9.17, 15) is 15.0 Å². The van der Waals surface area contributed by atoms with Gasteiger partial charge in [0.2, 0.25) is 5.91 Å². The van der Waals surface area contributed by atoms with Gasteiger partial charge in [-0.25, -0.2) is 4.98 Å². The smallest absolute Gasteiger partial charge is 0.256 e. The van der Waals surface area contributed by atoms with E-state index in [1.807, 2.05) is 6.07 Å². The maximum Gasteiger partial charge on any atom is 0.256 e. The third-order valence-electron chi connectivity index (χ3n) is 6.28. The predicted molar refractivity (Wildman–Crippen MR) is 126 cm³/mol. The first-order valence-electron chi connectivity index (χ1n) is 10.5. The van der Waals surface area contributed by atoms with Gasteiger partial charge in [0, 0.05) is 14.1 Å². The molecule has 5 rings (SSSR count). The summed E-state index contributed by atoms with van der Waals surface area (Å²) in [5.74, 6) is 0.347. The molecule has 1 aliphatic carbocycles. The summed E-state index contributed by atoms with van der Waals surface area (Å²) >= 11 is 7.42. The molecule has 1 saturated carbocycles. The van der Waals surface area contributed by atoms with Crippen molar-refractivity contribution in [2.75, 3.05) is 19.4 Å². The summed E-state index contributed by atoms with van der Waals surface area (Å²) in [5.41, 5.74) is 0.352. The number of halogens is 1. The lowest BCUT2D eigenvalue weighted by atomic mass is 9.85. The summed E-state index contributed by atoms with van der Waals surface area (Å²) in [6.07, 6.45) is 0.968. The Kier molecular flexibility index (Phi) is 5.51.